The molecule has 2 aliphatic heterocycles. The third-order valence-electron chi connectivity index (χ3n) is 7.13. The van der Waals surface area contributed by atoms with Gasteiger partial charge in [0.05, 0.1) is 11.9 Å². The zero-order valence-electron chi connectivity index (χ0n) is 22.0. The topological polar surface area (TPSA) is 99.1 Å². The molecule has 0 N–H and O–H groups in total. The highest BCUT2D eigenvalue weighted by atomic mass is 79.9. The van der Waals surface area contributed by atoms with Crippen molar-refractivity contribution in [2.45, 2.75) is 23.9 Å². The summed E-state index contributed by atoms with van der Waals surface area (Å²) in [5.74, 6) is -0.211. The van der Waals surface area contributed by atoms with Crippen molar-refractivity contribution < 1.29 is 18.0 Å². The van der Waals surface area contributed by atoms with Gasteiger partial charge in [0.1, 0.15) is 5.54 Å². The molecule has 3 aromatic rings. The second kappa shape index (κ2) is 10.6. The zero-order valence-corrected chi connectivity index (χ0v) is 25.9. The van der Waals surface area contributed by atoms with Crippen LogP contribution in [0.3, 0.4) is 0 Å². The predicted molar refractivity (Wildman–Crippen MR) is 157 cm³/mol. The Hall–Kier alpha value is -2.64. The summed E-state index contributed by atoms with van der Waals surface area (Å²) >= 11 is 16.0. The zero-order chi connectivity index (χ0) is 29.0. The third-order valence-corrected chi connectivity index (χ3v) is 9.96. The monoisotopic (exact) mass is 668 g/mol. The summed E-state index contributed by atoms with van der Waals surface area (Å²) in [5.41, 5.74) is -0.114. The minimum Gasteiger partial charge on any atom is -0.331 e. The molecule has 1 fully saturated rings. The Bertz CT molecular complexity index is 1570. The maximum atomic E-state index is 14.2. The molecule has 1 atom stereocenters. The molecule has 2 aliphatic rings. The van der Waals surface area contributed by atoms with Gasteiger partial charge in [0.15, 0.2) is 5.03 Å². The number of piperazine rings is 1. The lowest BCUT2D eigenvalue weighted by Crippen LogP contribution is -2.53. The molecule has 40 heavy (non-hydrogen) atoms. The maximum Gasteiger partial charge on any atom is 0.319 e. The number of urea groups is 1. The van der Waals surface area contributed by atoms with E-state index in [-0.39, 0.29) is 55.5 Å². The van der Waals surface area contributed by atoms with E-state index in [4.69, 9.17) is 23.2 Å². The van der Waals surface area contributed by atoms with Crippen LogP contribution in [0.25, 0.3) is 0 Å². The van der Waals surface area contributed by atoms with Gasteiger partial charge in [-0.2, -0.15) is 4.31 Å². The number of carbonyl (C=O) groups is 2. The lowest BCUT2D eigenvalue weighted by molar-refractivity contribution is -0.124. The van der Waals surface area contributed by atoms with Crippen molar-refractivity contribution in [1.82, 2.24) is 23.7 Å². The van der Waals surface area contributed by atoms with Gasteiger partial charge in [-0.25, -0.2) is 23.1 Å². The van der Waals surface area contributed by atoms with E-state index in [0.29, 0.717) is 15.7 Å². The summed E-state index contributed by atoms with van der Waals surface area (Å²) in [7, 11) is -0.773. The van der Waals surface area contributed by atoms with Crippen LogP contribution in [-0.2, 0) is 26.8 Å². The molecule has 1 unspecified atom stereocenters. The van der Waals surface area contributed by atoms with Crippen molar-refractivity contribution in [2.24, 2.45) is 0 Å². The average molecular weight is 670 g/mol. The van der Waals surface area contributed by atoms with Crippen LogP contribution in [0.4, 0.5) is 16.4 Å². The van der Waals surface area contributed by atoms with E-state index < -0.39 is 15.6 Å². The van der Waals surface area contributed by atoms with E-state index in [9.17, 15) is 18.0 Å². The van der Waals surface area contributed by atoms with Crippen molar-refractivity contribution >= 4 is 72.7 Å². The number of amides is 3. The first-order chi connectivity index (χ1) is 18.8. The molecule has 5 rings (SSSR count). The molecular weight excluding hydrogens is 643 g/mol. The van der Waals surface area contributed by atoms with E-state index in [2.05, 4.69) is 20.9 Å². The van der Waals surface area contributed by atoms with E-state index in [1.807, 2.05) is 24.3 Å². The largest absolute Gasteiger partial charge is 0.331 e. The number of sulfonamides is 1. The fourth-order valence-corrected chi connectivity index (χ4v) is 7.54. The van der Waals surface area contributed by atoms with Crippen LogP contribution in [0.2, 0.25) is 10.0 Å². The second-order valence-corrected chi connectivity index (χ2v) is 13.8. The van der Waals surface area contributed by atoms with Crippen LogP contribution < -0.4 is 4.90 Å². The van der Waals surface area contributed by atoms with Crippen LogP contribution in [0.1, 0.15) is 12.5 Å². The lowest BCUT2D eigenvalue weighted by Gasteiger charge is -2.35. The van der Waals surface area contributed by atoms with E-state index in [1.54, 1.807) is 44.1 Å². The highest BCUT2D eigenvalue weighted by Gasteiger charge is 2.52. The minimum absolute atomic E-state index is 0.0986. The summed E-state index contributed by atoms with van der Waals surface area (Å²) in [6, 6.07) is 12.1. The number of hydrogen-bond donors (Lipinski definition) is 0. The number of anilines is 2. The molecule has 0 spiro atoms. The SMILES string of the molecule is CN(C)C(=O)N1CCN(S(=O)(=O)c2cnc3n2C(C)(Cc2ccc(Br)cc2)C(=O)N3c2cc(Cl)cc(Cl)c2)CC1. The summed E-state index contributed by atoms with van der Waals surface area (Å²) in [6.07, 6.45) is 1.49. The predicted octanol–water partition coefficient (Wildman–Crippen LogP) is 4.58. The van der Waals surface area contributed by atoms with Gasteiger partial charge in [-0.15, -0.1) is 0 Å². The summed E-state index contributed by atoms with van der Waals surface area (Å²) in [6.45, 7) is 2.45. The van der Waals surface area contributed by atoms with Crippen molar-refractivity contribution in [3.63, 3.8) is 0 Å². The standard InChI is InChI=1S/C26H27BrCl2N6O4S/c1-26(15-17-4-6-18(27)7-5-17)23(36)34(21-13-19(28)12-20(29)14-21)24-30-16-22(35(24)26)40(38,39)33-10-8-32(9-11-33)25(37)31(2)3/h4-7,12-14,16H,8-11,15H2,1-3H3. The smallest absolute Gasteiger partial charge is 0.319 e. The van der Waals surface area contributed by atoms with Gasteiger partial charge in [-0.05, 0) is 42.8 Å². The van der Waals surface area contributed by atoms with Crippen molar-refractivity contribution in [3.05, 3.63) is 68.7 Å². The number of aromatic nitrogens is 2. The van der Waals surface area contributed by atoms with Gasteiger partial charge in [0, 0.05) is 61.2 Å². The first-order valence-corrected chi connectivity index (χ1v) is 15.4. The molecule has 2 aromatic carbocycles. The molecular formula is C26H27BrCl2N6O4S. The fraction of sp³-hybridized carbons (Fsp3) is 0.346. The van der Waals surface area contributed by atoms with Gasteiger partial charge in [-0.1, -0.05) is 51.3 Å². The molecule has 0 bridgehead atoms. The first kappa shape index (κ1) is 28.9. The third kappa shape index (κ3) is 5.00. The fourth-order valence-electron chi connectivity index (χ4n) is 5.15. The van der Waals surface area contributed by atoms with Gasteiger partial charge >= 0.3 is 6.03 Å². The van der Waals surface area contributed by atoms with Gasteiger partial charge in [0.2, 0.25) is 5.95 Å². The Balaban J connectivity index is 1.58. The quantitative estimate of drug-likeness (QED) is 0.396. The number of fused-ring (bicyclic) bond motifs is 1. The molecule has 0 radical (unpaired) electrons. The summed E-state index contributed by atoms with van der Waals surface area (Å²) < 4.78 is 31.8. The molecule has 1 saturated heterocycles. The molecule has 14 heteroatoms. The molecule has 0 aliphatic carbocycles. The molecule has 10 nitrogen and oxygen atoms in total. The van der Waals surface area contributed by atoms with Gasteiger partial charge in [-0.3, -0.25) is 9.36 Å². The minimum atomic E-state index is -4.09. The summed E-state index contributed by atoms with van der Waals surface area (Å²) in [5, 5.41) is 0.555. The Morgan fingerprint density at radius 2 is 1.65 bits per heavy atom. The number of nitrogens with zero attached hydrogens (tertiary/aromatic N) is 6. The summed E-state index contributed by atoms with van der Waals surface area (Å²) in [4.78, 5) is 35.4. The van der Waals surface area contributed by atoms with Crippen LogP contribution in [0.15, 0.2) is 58.2 Å². The highest BCUT2D eigenvalue weighted by Crippen LogP contribution is 2.45. The van der Waals surface area contributed by atoms with E-state index >= 15 is 0 Å². The Kier molecular flexibility index (Phi) is 7.68. The Labute approximate surface area is 251 Å². The van der Waals surface area contributed by atoms with Crippen LogP contribution >= 0.6 is 39.1 Å². The molecule has 212 valence electrons. The molecule has 3 amide bonds. The molecule has 1 aromatic heterocycles. The molecule has 0 saturated carbocycles. The van der Waals surface area contributed by atoms with Crippen LogP contribution in [0, 0.1) is 0 Å². The van der Waals surface area contributed by atoms with Crippen molar-refractivity contribution in [1.29, 1.82) is 0 Å². The number of rotatable bonds is 5. The Morgan fingerprint density at radius 1 is 1.05 bits per heavy atom. The first-order valence-electron chi connectivity index (χ1n) is 12.4. The van der Waals surface area contributed by atoms with Crippen LogP contribution in [0.5, 0.6) is 0 Å². The van der Waals surface area contributed by atoms with Gasteiger partial charge in [0.25, 0.3) is 15.9 Å². The average Bonchev–Trinajstić information content (AvgIpc) is 3.43. The number of benzene rings is 2. The van der Waals surface area contributed by atoms with E-state index in [0.717, 1.165) is 10.0 Å². The Morgan fingerprint density at radius 3 is 2.23 bits per heavy atom. The van der Waals surface area contributed by atoms with E-state index in [1.165, 1.54) is 24.9 Å². The number of carbonyl (C=O) groups excluding carboxylic acids is 2. The van der Waals surface area contributed by atoms with Gasteiger partial charge < -0.3 is 9.80 Å². The highest BCUT2D eigenvalue weighted by molar-refractivity contribution is 9.10. The maximum absolute atomic E-state index is 14.2. The number of hydrogen-bond acceptors (Lipinski definition) is 5. The normalized spacial score (nSPS) is 19.7. The van der Waals surface area contributed by atoms with Crippen molar-refractivity contribution in [3.8, 4) is 0 Å². The number of imidazole rings is 1. The second-order valence-electron chi connectivity index (χ2n) is 10.1. The van der Waals surface area contributed by atoms with Crippen molar-refractivity contribution in [2.75, 3.05) is 45.2 Å². The number of halogens is 3. The molecule has 3 heterocycles. The lowest BCUT2D eigenvalue weighted by atomic mass is 9.92. The van der Waals surface area contributed by atoms with Crippen LogP contribution in [-0.4, -0.2) is 84.3 Å².